The van der Waals surface area contributed by atoms with E-state index in [2.05, 4.69) is 6.58 Å². The van der Waals surface area contributed by atoms with Gasteiger partial charge in [0.15, 0.2) is 0 Å². The monoisotopic (exact) mass is 240 g/mol. The first-order chi connectivity index (χ1) is 7.20. The molecule has 1 fully saturated rings. The molecule has 0 radical (unpaired) electrons. The van der Waals surface area contributed by atoms with Gasteiger partial charge in [-0.15, -0.1) is 0 Å². The second-order valence-corrected chi connectivity index (χ2v) is 4.96. The van der Waals surface area contributed by atoms with Crippen LogP contribution in [0.2, 0.25) is 10.0 Å². The van der Waals surface area contributed by atoms with Crippen molar-refractivity contribution in [1.29, 1.82) is 0 Å². The van der Waals surface area contributed by atoms with E-state index in [-0.39, 0.29) is 0 Å². The van der Waals surface area contributed by atoms with Crippen molar-refractivity contribution in [3.8, 4) is 0 Å². The van der Waals surface area contributed by atoms with Crippen molar-refractivity contribution in [2.24, 2.45) is 5.92 Å². The van der Waals surface area contributed by atoms with Crippen LogP contribution in [-0.2, 0) is 6.42 Å². The molecule has 0 nitrogen and oxygen atoms in total. The Morgan fingerprint density at radius 2 is 1.87 bits per heavy atom. The third-order valence-electron chi connectivity index (χ3n) is 2.90. The van der Waals surface area contributed by atoms with Crippen molar-refractivity contribution >= 4 is 29.3 Å². The molecule has 0 spiro atoms. The second kappa shape index (κ2) is 4.59. The highest BCUT2D eigenvalue weighted by Gasteiger charge is 2.21. The molecule has 1 aliphatic rings. The Morgan fingerprint density at radius 3 is 2.33 bits per heavy atom. The highest BCUT2D eigenvalue weighted by Crippen LogP contribution is 2.36. The molecule has 80 valence electrons. The fourth-order valence-corrected chi connectivity index (χ4v) is 2.43. The average Bonchev–Trinajstić information content (AvgIpc) is 3.00. The van der Waals surface area contributed by atoms with Gasteiger partial charge in [-0.25, -0.2) is 0 Å². The minimum absolute atomic E-state index is 0.776. The molecular weight excluding hydrogens is 227 g/mol. The molecule has 0 amide bonds. The van der Waals surface area contributed by atoms with E-state index in [4.69, 9.17) is 23.2 Å². The molecule has 0 atom stereocenters. The summed E-state index contributed by atoms with van der Waals surface area (Å²) < 4.78 is 0. The van der Waals surface area contributed by atoms with Gasteiger partial charge >= 0.3 is 0 Å². The van der Waals surface area contributed by atoms with Crippen LogP contribution in [-0.4, -0.2) is 0 Å². The Labute approximate surface area is 101 Å². The maximum atomic E-state index is 6.19. The largest absolute Gasteiger partial charge is 0.0985 e. The van der Waals surface area contributed by atoms with E-state index in [1.54, 1.807) is 6.08 Å². The molecule has 0 aliphatic heterocycles. The SMILES string of the molecule is C=Cc1cc(Cl)c(CCC2CC2)c(Cl)c1. The lowest BCUT2D eigenvalue weighted by atomic mass is 10.1. The lowest BCUT2D eigenvalue weighted by molar-refractivity contribution is 0.727. The first kappa shape index (κ1) is 11.0. The van der Waals surface area contributed by atoms with Crippen LogP contribution in [0.1, 0.15) is 30.4 Å². The summed E-state index contributed by atoms with van der Waals surface area (Å²) in [5.74, 6) is 0.913. The summed E-state index contributed by atoms with van der Waals surface area (Å²) in [5.41, 5.74) is 2.08. The maximum Gasteiger partial charge on any atom is 0.0458 e. The highest BCUT2D eigenvalue weighted by molar-refractivity contribution is 6.36. The molecule has 0 heterocycles. The van der Waals surface area contributed by atoms with Crippen molar-refractivity contribution in [1.82, 2.24) is 0 Å². The van der Waals surface area contributed by atoms with E-state index >= 15 is 0 Å². The smallest absolute Gasteiger partial charge is 0.0458 e. The molecule has 2 heteroatoms. The third kappa shape index (κ3) is 2.76. The molecular formula is C13H14Cl2. The van der Waals surface area contributed by atoms with Crippen LogP contribution >= 0.6 is 23.2 Å². The number of halogens is 2. The molecule has 0 saturated heterocycles. The highest BCUT2D eigenvalue weighted by atomic mass is 35.5. The molecule has 0 aromatic heterocycles. The standard InChI is InChI=1S/C13H14Cl2/c1-2-9-7-12(14)11(13(15)8-9)6-5-10-3-4-10/h2,7-8,10H,1,3-6H2. The van der Waals surface area contributed by atoms with Gasteiger partial charge in [0.1, 0.15) is 0 Å². The molecule has 1 aliphatic carbocycles. The van der Waals surface area contributed by atoms with E-state index in [1.165, 1.54) is 19.3 Å². The van der Waals surface area contributed by atoms with E-state index in [9.17, 15) is 0 Å². The first-order valence-electron chi connectivity index (χ1n) is 5.31. The van der Waals surface area contributed by atoms with Crippen molar-refractivity contribution in [3.63, 3.8) is 0 Å². The van der Waals surface area contributed by atoms with Gasteiger partial charge < -0.3 is 0 Å². The summed E-state index contributed by atoms with van der Waals surface area (Å²) in [6, 6.07) is 3.87. The van der Waals surface area contributed by atoms with Crippen LogP contribution in [0.5, 0.6) is 0 Å². The normalized spacial score (nSPS) is 15.3. The van der Waals surface area contributed by atoms with E-state index in [0.717, 1.165) is 33.5 Å². The van der Waals surface area contributed by atoms with Crippen molar-refractivity contribution in [2.75, 3.05) is 0 Å². The van der Waals surface area contributed by atoms with Crippen LogP contribution < -0.4 is 0 Å². The van der Waals surface area contributed by atoms with Crippen LogP contribution in [0.25, 0.3) is 6.08 Å². The van der Waals surface area contributed by atoms with Gasteiger partial charge in [0.2, 0.25) is 0 Å². The van der Waals surface area contributed by atoms with Crippen molar-refractivity contribution in [3.05, 3.63) is 39.9 Å². The van der Waals surface area contributed by atoms with Gasteiger partial charge in [-0.3, -0.25) is 0 Å². The van der Waals surface area contributed by atoms with Crippen molar-refractivity contribution in [2.45, 2.75) is 25.7 Å². The predicted octanol–water partition coefficient (Wildman–Crippen LogP) is 4.98. The first-order valence-corrected chi connectivity index (χ1v) is 6.06. The van der Waals surface area contributed by atoms with Crippen LogP contribution in [0, 0.1) is 5.92 Å². The Balaban J connectivity index is 2.17. The quantitative estimate of drug-likeness (QED) is 0.697. The lowest BCUT2D eigenvalue weighted by Crippen LogP contribution is -1.91. The van der Waals surface area contributed by atoms with Crippen LogP contribution in [0.4, 0.5) is 0 Å². The predicted molar refractivity (Wildman–Crippen MR) is 67.6 cm³/mol. The van der Waals surface area contributed by atoms with Gasteiger partial charge in [-0.1, -0.05) is 48.7 Å². The summed E-state index contributed by atoms with van der Waals surface area (Å²) >= 11 is 12.4. The zero-order chi connectivity index (χ0) is 10.8. The number of hydrogen-bond donors (Lipinski definition) is 0. The minimum atomic E-state index is 0.776. The summed E-state index contributed by atoms with van der Waals surface area (Å²) in [4.78, 5) is 0. The fraction of sp³-hybridized carbons (Fsp3) is 0.385. The third-order valence-corrected chi connectivity index (χ3v) is 3.57. The average molecular weight is 241 g/mol. The summed E-state index contributed by atoms with van der Waals surface area (Å²) in [6.45, 7) is 3.71. The molecule has 0 bridgehead atoms. The van der Waals surface area contributed by atoms with Gasteiger partial charge in [0.05, 0.1) is 0 Å². The van der Waals surface area contributed by atoms with Gasteiger partial charge in [-0.2, -0.15) is 0 Å². The lowest BCUT2D eigenvalue weighted by Gasteiger charge is -2.07. The zero-order valence-corrected chi connectivity index (χ0v) is 10.1. The topological polar surface area (TPSA) is 0 Å². The number of rotatable bonds is 4. The zero-order valence-electron chi connectivity index (χ0n) is 8.60. The molecule has 1 aromatic rings. The molecule has 2 rings (SSSR count). The number of benzene rings is 1. The van der Waals surface area contributed by atoms with E-state index < -0.39 is 0 Å². The van der Waals surface area contributed by atoms with Gasteiger partial charge in [-0.05, 0) is 42.0 Å². The molecule has 0 N–H and O–H groups in total. The maximum absolute atomic E-state index is 6.19. The van der Waals surface area contributed by atoms with E-state index in [0.29, 0.717) is 0 Å². The van der Waals surface area contributed by atoms with E-state index in [1.807, 2.05) is 12.1 Å². The summed E-state index contributed by atoms with van der Waals surface area (Å²) in [5, 5.41) is 1.55. The molecule has 1 saturated carbocycles. The number of hydrogen-bond acceptors (Lipinski definition) is 0. The Kier molecular flexibility index (Phi) is 3.38. The van der Waals surface area contributed by atoms with Gasteiger partial charge in [0, 0.05) is 10.0 Å². The van der Waals surface area contributed by atoms with Gasteiger partial charge in [0.25, 0.3) is 0 Å². The fourth-order valence-electron chi connectivity index (χ4n) is 1.73. The molecule has 1 aromatic carbocycles. The summed E-state index contributed by atoms with van der Waals surface area (Å²) in [6.07, 6.45) is 6.73. The minimum Gasteiger partial charge on any atom is -0.0985 e. The van der Waals surface area contributed by atoms with Crippen molar-refractivity contribution < 1.29 is 0 Å². The van der Waals surface area contributed by atoms with Crippen LogP contribution in [0.3, 0.4) is 0 Å². The molecule has 0 unspecified atom stereocenters. The Hall–Kier alpha value is -0.460. The Bertz CT molecular complexity index is 355. The Morgan fingerprint density at radius 1 is 1.27 bits per heavy atom. The second-order valence-electron chi connectivity index (χ2n) is 4.15. The molecule has 15 heavy (non-hydrogen) atoms. The van der Waals surface area contributed by atoms with Crippen LogP contribution in [0.15, 0.2) is 18.7 Å². The summed E-state index contributed by atoms with van der Waals surface area (Å²) in [7, 11) is 0.